The van der Waals surface area contributed by atoms with Gasteiger partial charge in [-0.3, -0.25) is 4.79 Å². The maximum atomic E-state index is 12.7. The largest absolute Gasteiger partial charge is 0.462 e. The third-order valence-corrected chi connectivity index (χ3v) is 4.42. The average molecular weight is 373 g/mol. The minimum atomic E-state index is -0.340. The summed E-state index contributed by atoms with van der Waals surface area (Å²) in [5.41, 5.74) is 3.07. The molecule has 0 aliphatic heterocycles. The Kier molecular flexibility index (Phi) is 6.58. The highest BCUT2D eigenvalue weighted by Crippen LogP contribution is 2.25. The Hall–Kier alpha value is -3.40. The lowest BCUT2D eigenvalue weighted by Gasteiger charge is -2.20. The van der Waals surface area contributed by atoms with Crippen molar-refractivity contribution in [2.75, 3.05) is 11.9 Å². The van der Waals surface area contributed by atoms with Crippen LogP contribution >= 0.6 is 0 Å². The first-order valence-electron chi connectivity index (χ1n) is 9.34. The Labute approximate surface area is 165 Å². The third kappa shape index (κ3) is 5.07. The first-order valence-corrected chi connectivity index (χ1v) is 9.34. The van der Waals surface area contributed by atoms with Crippen LogP contribution in [0, 0.1) is 0 Å². The van der Waals surface area contributed by atoms with Crippen LogP contribution in [0.1, 0.15) is 45.7 Å². The number of hydrogen-bond acceptors (Lipinski definition) is 4. The van der Waals surface area contributed by atoms with E-state index in [1.165, 1.54) is 0 Å². The molecule has 1 unspecified atom stereocenters. The Morgan fingerprint density at radius 2 is 1.43 bits per heavy atom. The molecule has 0 aliphatic rings. The maximum Gasteiger partial charge on any atom is 0.338 e. The van der Waals surface area contributed by atoms with Gasteiger partial charge in [0, 0.05) is 17.7 Å². The van der Waals surface area contributed by atoms with Crippen molar-refractivity contribution < 1.29 is 14.3 Å². The number of ketones is 1. The van der Waals surface area contributed by atoms with E-state index in [1.54, 1.807) is 19.1 Å². The number of carbonyl (C=O) groups is 2. The van der Waals surface area contributed by atoms with E-state index in [-0.39, 0.29) is 17.8 Å². The van der Waals surface area contributed by atoms with E-state index in [0.717, 1.165) is 11.3 Å². The highest BCUT2D eigenvalue weighted by molar-refractivity contribution is 5.96. The van der Waals surface area contributed by atoms with Crippen LogP contribution in [-0.4, -0.2) is 18.4 Å². The Morgan fingerprint density at radius 1 is 0.821 bits per heavy atom. The second kappa shape index (κ2) is 9.51. The molecule has 4 nitrogen and oxygen atoms in total. The van der Waals surface area contributed by atoms with E-state index in [4.69, 9.17) is 4.74 Å². The predicted octanol–water partition coefficient (Wildman–Crippen LogP) is 5.29. The van der Waals surface area contributed by atoms with Crippen LogP contribution in [0.2, 0.25) is 0 Å². The van der Waals surface area contributed by atoms with Crippen LogP contribution < -0.4 is 5.32 Å². The topological polar surface area (TPSA) is 55.4 Å². The first kappa shape index (κ1) is 19.4. The third-order valence-electron chi connectivity index (χ3n) is 4.42. The highest BCUT2D eigenvalue weighted by atomic mass is 16.5. The van der Waals surface area contributed by atoms with Crippen molar-refractivity contribution in [3.8, 4) is 0 Å². The summed E-state index contributed by atoms with van der Waals surface area (Å²) in [6, 6.07) is 26.1. The number of nitrogens with one attached hydrogen (secondary N) is 1. The maximum absolute atomic E-state index is 12.7. The molecule has 3 rings (SSSR count). The van der Waals surface area contributed by atoms with Gasteiger partial charge in [0.2, 0.25) is 0 Å². The summed E-state index contributed by atoms with van der Waals surface area (Å²) in [4.78, 5) is 24.5. The summed E-state index contributed by atoms with van der Waals surface area (Å²) in [6.07, 6.45) is 0.327. The molecule has 1 N–H and O–H groups in total. The van der Waals surface area contributed by atoms with E-state index >= 15 is 0 Å². The fourth-order valence-electron chi connectivity index (χ4n) is 2.98. The smallest absolute Gasteiger partial charge is 0.338 e. The molecule has 0 amide bonds. The quantitative estimate of drug-likeness (QED) is 0.431. The van der Waals surface area contributed by atoms with Crippen LogP contribution in [0.3, 0.4) is 0 Å². The molecule has 28 heavy (non-hydrogen) atoms. The van der Waals surface area contributed by atoms with Crippen LogP contribution in [0.15, 0.2) is 84.9 Å². The number of Topliss-reactive ketones (excluding diaryl/α,β-unsaturated/α-hetero) is 1. The van der Waals surface area contributed by atoms with Crippen molar-refractivity contribution in [1.82, 2.24) is 0 Å². The standard InChI is InChI=1S/C24H23NO3/c1-2-28-24(27)20-13-15-21(16-14-20)25-22(18-9-5-3-6-10-18)17-23(26)19-11-7-4-8-12-19/h3-16,22,25H,2,17H2,1H3. The lowest BCUT2D eigenvalue weighted by atomic mass is 9.97. The van der Waals surface area contributed by atoms with Gasteiger partial charge in [-0.15, -0.1) is 0 Å². The van der Waals surface area contributed by atoms with Gasteiger partial charge in [0.1, 0.15) is 0 Å². The van der Waals surface area contributed by atoms with Crippen LogP contribution in [-0.2, 0) is 4.74 Å². The number of hydrogen-bond donors (Lipinski definition) is 1. The van der Waals surface area contributed by atoms with Crippen molar-refractivity contribution in [3.05, 3.63) is 102 Å². The highest BCUT2D eigenvalue weighted by Gasteiger charge is 2.17. The monoisotopic (exact) mass is 373 g/mol. The molecule has 142 valence electrons. The van der Waals surface area contributed by atoms with Crippen molar-refractivity contribution in [3.63, 3.8) is 0 Å². The number of anilines is 1. The number of rotatable bonds is 8. The van der Waals surface area contributed by atoms with E-state index in [2.05, 4.69) is 5.32 Å². The number of ether oxygens (including phenoxy) is 1. The zero-order chi connectivity index (χ0) is 19.8. The molecular weight excluding hydrogens is 350 g/mol. The van der Waals surface area contributed by atoms with Gasteiger partial charge in [0.05, 0.1) is 18.2 Å². The lowest BCUT2D eigenvalue weighted by molar-refractivity contribution is 0.0526. The fourth-order valence-corrected chi connectivity index (χ4v) is 2.98. The van der Waals surface area contributed by atoms with Crippen LogP contribution in [0.25, 0.3) is 0 Å². The van der Waals surface area contributed by atoms with Crippen molar-refractivity contribution in [2.45, 2.75) is 19.4 Å². The molecule has 0 aromatic heterocycles. The molecule has 4 heteroatoms. The van der Waals surface area contributed by atoms with Crippen LogP contribution in [0.4, 0.5) is 5.69 Å². The second-order valence-electron chi connectivity index (χ2n) is 6.40. The summed E-state index contributed by atoms with van der Waals surface area (Å²) in [6.45, 7) is 2.12. The predicted molar refractivity (Wildman–Crippen MR) is 111 cm³/mol. The van der Waals surface area contributed by atoms with Gasteiger partial charge < -0.3 is 10.1 Å². The van der Waals surface area contributed by atoms with Crippen molar-refractivity contribution >= 4 is 17.4 Å². The molecule has 0 saturated carbocycles. The van der Waals surface area contributed by atoms with Crippen LogP contribution in [0.5, 0.6) is 0 Å². The van der Waals surface area contributed by atoms with Gasteiger partial charge in [-0.1, -0.05) is 60.7 Å². The van der Waals surface area contributed by atoms with Gasteiger partial charge in [0.25, 0.3) is 0 Å². The SMILES string of the molecule is CCOC(=O)c1ccc(NC(CC(=O)c2ccccc2)c2ccccc2)cc1. The first-order chi connectivity index (χ1) is 13.7. The zero-order valence-corrected chi connectivity index (χ0v) is 15.8. The molecule has 0 aliphatic carbocycles. The van der Waals surface area contributed by atoms with Gasteiger partial charge in [0.15, 0.2) is 5.78 Å². The Bertz CT molecular complexity index is 906. The normalized spacial score (nSPS) is 11.5. The summed E-state index contributed by atoms with van der Waals surface area (Å²) < 4.78 is 5.02. The summed E-state index contributed by atoms with van der Waals surface area (Å²) in [5, 5.41) is 3.42. The van der Waals surface area contributed by atoms with Crippen molar-refractivity contribution in [2.24, 2.45) is 0 Å². The van der Waals surface area contributed by atoms with E-state index < -0.39 is 0 Å². The number of esters is 1. The molecule has 0 saturated heterocycles. The minimum absolute atomic E-state index is 0.0742. The van der Waals surface area contributed by atoms with Gasteiger partial charge in [-0.05, 0) is 36.8 Å². The van der Waals surface area contributed by atoms with E-state index in [9.17, 15) is 9.59 Å². The number of carbonyl (C=O) groups excluding carboxylic acids is 2. The molecule has 0 heterocycles. The summed E-state index contributed by atoms with van der Waals surface area (Å²) in [5.74, 6) is -0.266. The molecule has 0 radical (unpaired) electrons. The van der Waals surface area contributed by atoms with Gasteiger partial charge in [-0.25, -0.2) is 4.79 Å². The number of benzene rings is 3. The lowest BCUT2D eigenvalue weighted by Crippen LogP contribution is -2.16. The molecule has 0 fully saturated rings. The molecular formula is C24H23NO3. The van der Waals surface area contributed by atoms with Crippen molar-refractivity contribution in [1.29, 1.82) is 0 Å². The van der Waals surface area contributed by atoms with Gasteiger partial charge >= 0.3 is 5.97 Å². The van der Waals surface area contributed by atoms with E-state index in [0.29, 0.717) is 24.2 Å². The second-order valence-corrected chi connectivity index (χ2v) is 6.40. The van der Waals surface area contributed by atoms with E-state index in [1.807, 2.05) is 72.8 Å². The minimum Gasteiger partial charge on any atom is -0.462 e. The summed E-state index contributed by atoms with van der Waals surface area (Å²) >= 11 is 0. The molecule has 1 atom stereocenters. The molecule has 0 spiro atoms. The Balaban J connectivity index is 1.78. The Morgan fingerprint density at radius 3 is 2.04 bits per heavy atom. The molecule has 3 aromatic rings. The van der Waals surface area contributed by atoms with Gasteiger partial charge in [-0.2, -0.15) is 0 Å². The molecule has 0 bridgehead atoms. The summed E-state index contributed by atoms with van der Waals surface area (Å²) in [7, 11) is 0. The molecule has 3 aromatic carbocycles. The average Bonchev–Trinajstić information content (AvgIpc) is 2.75. The zero-order valence-electron chi connectivity index (χ0n) is 15.8. The fraction of sp³-hybridized carbons (Fsp3) is 0.167.